The minimum atomic E-state index is -4.53. The van der Waals surface area contributed by atoms with Crippen LogP contribution in [0.5, 0.6) is 0 Å². The first-order valence-corrected chi connectivity index (χ1v) is 6.56. The topological polar surface area (TPSA) is 83.4 Å². The summed E-state index contributed by atoms with van der Waals surface area (Å²) in [6, 6.07) is 1.22. The average molecular weight is 321 g/mol. The molecule has 1 heterocycles. The molecule has 3 N–H and O–H groups in total. The molecule has 0 fully saturated rings. The van der Waals surface area contributed by atoms with E-state index in [1.165, 1.54) is 6.92 Å². The van der Waals surface area contributed by atoms with Crippen molar-refractivity contribution in [3.8, 4) is 0 Å². The van der Waals surface area contributed by atoms with Crippen LogP contribution in [-0.2, 0) is 4.79 Å². The third kappa shape index (κ3) is 6.17. The van der Waals surface area contributed by atoms with Gasteiger partial charge in [-0.2, -0.15) is 13.2 Å². The minimum Gasteiger partial charge on any atom is -0.465 e. The Hall–Kier alpha value is -2.03. The monoisotopic (exact) mass is 321 g/mol. The first-order chi connectivity index (χ1) is 10.1. The second-order valence-electron chi connectivity index (χ2n) is 4.85. The van der Waals surface area contributed by atoms with Gasteiger partial charge in [-0.1, -0.05) is 0 Å². The zero-order valence-electron chi connectivity index (χ0n) is 12.4. The van der Waals surface area contributed by atoms with E-state index in [2.05, 4.69) is 5.32 Å². The second kappa shape index (κ2) is 7.30. The molecule has 1 aromatic heterocycles. The maximum absolute atomic E-state index is 11.9. The quantitative estimate of drug-likeness (QED) is 0.775. The van der Waals surface area contributed by atoms with Crippen molar-refractivity contribution in [3.63, 3.8) is 0 Å². The number of alkyl halides is 3. The van der Waals surface area contributed by atoms with E-state index in [0.29, 0.717) is 11.5 Å². The van der Waals surface area contributed by atoms with Gasteiger partial charge in [-0.25, -0.2) is 4.79 Å². The lowest BCUT2D eigenvalue weighted by atomic mass is 10.2. The van der Waals surface area contributed by atoms with E-state index in [4.69, 9.17) is 4.42 Å². The summed E-state index contributed by atoms with van der Waals surface area (Å²) >= 11 is 0. The number of imide groups is 1. The lowest BCUT2D eigenvalue weighted by Gasteiger charge is -2.18. The van der Waals surface area contributed by atoms with Crippen LogP contribution in [0.1, 0.15) is 31.4 Å². The fraction of sp³-hybridized carbons (Fsp3) is 0.538. The lowest BCUT2D eigenvalue weighted by molar-refractivity contribution is -0.125. The third-order valence-electron chi connectivity index (χ3n) is 2.77. The van der Waals surface area contributed by atoms with Gasteiger partial charge in [0.15, 0.2) is 0 Å². The van der Waals surface area contributed by atoms with Gasteiger partial charge >= 0.3 is 12.2 Å². The number of hydrogen-bond acceptors (Lipinski definition) is 4. The molecule has 0 unspecified atom stereocenters. The molecule has 6 nitrogen and oxygen atoms in total. The number of carbonyl (C=O) groups excluding carboxylic acids is 2. The summed E-state index contributed by atoms with van der Waals surface area (Å²) in [7, 11) is 0. The molecular weight excluding hydrogens is 303 g/mol. The van der Waals surface area contributed by atoms with Crippen LogP contribution in [0.2, 0.25) is 0 Å². The van der Waals surface area contributed by atoms with Crippen molar-refractivity contribution in [2.24, 2.45) is 0 Å². The number of aryl methyl sites for hydroxylation is 1. The Kier molecular flexibility index (Phi) is 5.98. The van der Waals surface area contributed by atoms with Crippen molar-refractivity contribution in [2.45, 2.75) is 39.0 Å². The Labute approximate surface area is 125 Å². The van der Waals surface area contributed by atoms with Crippen molar-refractivity contribution in [1.29, 1.82) is 0 Å². The predicted octanol–water partition coefficient (Wildman–Crippen LogP) is 2.02. The molecule has 0 spiro atoms. The number of amides is 3. The third-order valence-corrected chi connectivity index (χ3v) is 2.77. The number of nitrogens with one attached hydrogen (secondary N) is 3. The van der Waals surface area contributed by atoms with E-state index in [0.717, 1.165) is 0 Å². The Morgan fingerprint density at radius 3 is 2.41 bits per heavy atom. The van der Waals surface area contributed by atoms with E-state index in [-0.39, 0.29) is 6.04 Å². The second-order valence-corrected chi connectivity index (χ2v) is 4.85. The molecule has 0 aliphatic rings. The first-order valence-electron chi connectivity index (χ1n) is 6.56. The van der Waals surface area contributed by atoms with Gasteiger partial charge in [0.2, 0.25) is 5.91 Å². The first kappa shape index (κ1) is 18.0. The van der Waals surface area contributed by atoms with Gasteiger partial charge in [0, 0.05) is 0 Å². The van der Waals surface area contributed by atoms with Crippen LogP contribution < -0.4 is 16.0 Å². The normalized spacial score (nSPS) is 14.3. The minimum absolute atomic E-state index is 0.298. The van der Waals surface area contributed by atoms with Crippen LogP contribution in [0.25, 0.3) is 0 Å². The summed E-state index contributed by atoms with van der Waals surface area (Å²) in [6.07, 6.45) is -4.53. The molecule has 0 bridgehead atoms. The maximum atomic E-state index is 11.9. The molecule has 9 heteroatoms. The number of rotatable bonds is 5. The molecule has 124 valence electrons. The van der Waals surface area contributed by atoms with Gasteiger partial charge in [0.1, 0.15) is 18.1 Å². The zero-order chi connectivity index (χ0) is 16.9. The van der Waals surface area contributed by atoms with Crippen molar-refractivity contribution < 1.29 is 27.2 Å². The van der Waals surface area contributed by atoms with Gasteiger partial charge in [0.25, 0.3) is 0 Å². The Balaban J connectivity index is 2.43. The molecule has 22 heavy (non-hydrogen) atoms. The van der Waals surface area contributed by atoms with E-state index < -0.39 is 30.7 Å². The van der Waals surface area contributed by atoms with Crippen molar-refractivity contribution in [2.75, 3.05) is 6.54 Å². The van der Waals surface area contributed by atoms with Gasteiger partial charge in [-0.3, -0.25) is 15.4 Å². The number of urea groups is 1. The highest BCUT2D eigenvalue weighted by Gasteiger charge is 2.28. The molecule has 0 saturated carbocycles. The van der Waals surface area contributed by atoms with Gasteiger partial charge in [0.05, 0.1) is 12.1 Å². The molecule has 0 aliphatic carbocycles. The molecule has 0 saturated heterocycles. The van der Waals surface area contributed by atoms with Crippen LogP contribution in [0.15, 0.2) is 16.5 Å². The van der Waals surface area contributed by atoms with E-state index >= 15 is 0 Å². The molecule has 1 aromatic rings. The SMILES string of the molecule is Cc1ccc([C@H](C)N[C@@H](C)C(=O)NC(=O)NCC(F)(F)F)o1. The number of carbonyl (C=O) groups is 2. The summed E-state index contributed by atoms with van der Waals surface area (Å²) < 4.78 is 41.2. The van der Waals surface area contributed by atoms with Crippen molar-refractivity contribution >= 4 is 11.9 Å². The zero-order valence-corrected chi connectivity index (χ0v) is 12.4. The molecule has 2 atom stereocenters. The summed E-state index contributed by atoms with van der Waals surface area (Å²) in [5, 5.41) is 6.27. The van der Waals surface area contributed by atoms with Gasteiger partial charge in [-0.15, -0.1) is 0 Å². The van der Waals surface area contributed by atoms with Crippen LogP contribution >= 0.6 is 0 Å². The fourth-order valence-corrected chi connectivity index (χ4v) is 1.66. The van der Waals surface area contributed by atoms with Crippen LogP contribution in [-0.4, -0.2) is 30.7 Å². The molecule has 1 rings (SSSR count). The van der Waals surface area contributed by atoms with Crippen LogP contribution in [0.3, 0.4) is 0 Å². The summed E-state index contributed by atoms with van der Waals surface area (Å²) in [5.41, 5.74) is 0. The van der Waals surface area contributed by atoms with E-state index in [9.17, 15) is 22.8 Å². The standard InChI is InChI=1S/C13H18F3N3O3/c1-7-4-5-10(22-7)8(2)18-9(3)11(20)19-12(21)17-6-13(14,15)16/h4-5,8-9,18H,6H2,1-3H3,(H2,17,19,20,21)/t8-,9-/m0/s1. The lowest BCUT2D eigenvalue weighted by Crippen LogP contribution is -2.49. The Morgan fingerprint density at radius 2 is 1.91 bits per heavy atom. The van der Waals surface area contributed by atoms with Gasteiger partial charge in [-0.05, 0) is 32.9 Å². The molecule has 0 aliphatic heterocycles. The fourth-order valence-electron chi connectivity index (χ4n) is 1.66. The smallest absolute Gasteiger partial charge is 0.405 e. The van der Waals surface area contributed by atoms with Crippen LogP contribution in [0, 0.1) is 6.92 Å². The van der Waals surface area contributed by atoms with E-state index in [1.807, 2.05) is 5.32 Å². The number of halogens is 3. The van der Waals surface area contributed by atoms with Gasteiger partial charge < -0.3 is 9.73 Å². The molecule has 3 amide bonds. The number of hydrogen-bond donors (Lipinski definition) is 3. The van der Waals surface area contributed by atoms with Crippen LogP contribution in [0.4, 0.5) is 18.0 Å². The van der Waals surface area contributed by atoms with Crippen molar-refractivity contribution in [1.82, 2.24) is 16.0 Å². The average Bonchev–Trinajstić information content (AvgIpc) is 2.82. The highest BCUT2D eigenvalue weighted by molar-refractivity contribution is 5.96. The Bertz CT molecular complexity index is 528. The highest BCUT2D eigenvalue weighted by Crippen LogP contribution is 2.16. The molecular formula is C13H18F3N3O3. The molecule has 0 radical (unpaired) electrons. The summed E-state index contributed by atoms with van der Waals surface area (Å²) in [4.78, 5) is 22.9. The largest absolute Gasteiger partial charge is 0.465 e. The van der Waals surface area contributed by atoms with E-state index in [1.54, 1.807) is 31.3 Å². The molecule has 0 aromatic carbocycles. The Morgan fingerprint density at radius 1 is 1.27 bits per heavy atom. The summed E-state index contributed by atoms with van der Waals surface area (Å²) in [5.74, 6) is 0.584. The maximum Gasteiger partial charge on any atom is 0.405 e. The number of furan rings is 1. The summed E-state index contributed by atoms with van der Waals surface area (Å²) in [6.45, 7) is 3.51. The predicted molar refractivity (Wildman–Crippen MR) is 72.1 cm³/mol. The highest BCUT2D eigenvalue weighted by atomic mass is 19.4. The van der Waals surface area contributed by atoms with Crippen molar-refractivity contribution in [3.05, 3.63) is 23.7 Å².